The number of hydrogen-bond acceptors (Lipinski definition) is 5. The molecule has 248 valence electrons. The Bertz CT molecular complexity index is 1150. The van der Waals surface area contributed by atoms with Gasteiger partial charge in [0.05, 0.1) is 30.9 Å². The number of rotatable bonds is 22. The number of imidazole rings is 1. The van der Waals surface area contributed by atoms with Crippen LogP contribution in [0.5, 0.6) is 11.5 Å². The summed E-state index contributed by atoms with van der Waals surface area (Å²) in [4.78, 5) is 11.9. The number of hydrogen-bond donors (Lipinski definition) is 1. The van der Waals surface area contributed by atoms with Crippen LogP contribution < -0.4 is 9.47 Å². The predicted molar refractivity (Wildman–Crippen MR) is 187 cm³/mol. The van der Waals surface area contributed by atoms with Crippen molar-refractivity contribution in [2.75, 3.05) is 14.2 Å². The molecule has 0 bridgehead atoms. The average molecular weight is 628 g/mol. The Morgan fingerprint density at radius 1 is 0.727 bits per heavy atom. The molecule has 1 atom stereocenters. The summed E-state index contributed by atoms with van der Waals surface area (Å²) in [6, 6.07) is 5.51. The van der Waals surface area contributed by atoms with E-state index in [9.17, 15) is 4.55 Å². The largest absolute Gasteiger partial charge is 0.609 e. The summed E-state index contributed by atoms with van der Waals surface area (Å²) in [5, 5.41) is 0.430. The van der Waals surface area contributed by atoms with Crippen molar-refractivity contribution in [3.8, 4) is 11.5 Å². The highest BCUT2D eigenvalue weighted by molar-refractivity contribution is 7.90. The molecule has 0 spiro atoms. The van der Waals surface area contributed by atoms with E-state index in [-0.39, 0.29) is 5.75 Å². The van der Waals surface area contributed by atoms with E-state index < -0.39 is 11.2 Å². The van der Waals surface area contributed by atoms with E-state index in [2.05, 4.69) is 28.8 Å². The van der Waals surface area contributed by atoms with Crippen LogP contribution in [-0.2, 0) is 16.9 Å². The van der Waals surface area contributed by atoms with Crippen molar-refractivity contribution in [3.05, 3.63) is 41.2 Å². The van der Waals surface area contributed by atoms with E-state index in [1.165, 1.54) is 116 Å². The van der Waals surface area contributed by atoms with Crippen molar-refractivity contribution in [3.63, 3.8) is 0 Å². The maximum Gasteiger partial charge on any atom is 0.322 e. The van der Waals surface area contributed by atoms with Crippen molar-refractivity contribution >= 4 is 22.2 Å². The lowest BCUT2D eigenvalue weighted by molar-refractivity contribution is 0.407. The number of aryl methyl sites for hydroxylation is 1. The molecule has 1 unspecified atom stereocenters. The summed E-state index contributed by atoms with van der Waals surface area (Å²) in [5.41, 5.74) is 4.16. The van der Waals surface area contributed by atoms with Gasteiger partial charge in [-0.2, -0.15) is 4.98 Å². The number of aromatic nitrogens is 3. The second kappa shape index (κ2) is 23.1. The molecular weight excluding hydrogens is 566 g/mol. The summed E-state index contributed by atoms with van der Waals surface area (Å²) in [6.45, 7) is 8.46. The predicted octanol–water partition coefficient (Wildman–Crippen LogP) is 10.9. The van der Waals surface area contributed by atoms with E-state index >= 15 is 0 Å². The first-order chi connectivity index (χ1) is 21.4. The van der Waals surface area contributed by atoms with Gasteiger partial charge in [0.1, 0.15) is 11.5 Å². The first-order valence-corrected chi connectivity index (χ1v) is 18.7. The van der Waals surface area contributed by atoms with Crippen molar-refractivity contribution in [1.82, 2.24) is 15.0 Å². The van der Waals surface area contributed by atoms with E-state index in [4.69, 9.17) is 9.47 Å². The molecule has 0 amide bonds. The van der Waals surface area contributed by atoms with Crippen LogP contribution in [0.1, 0.15) is 146 Å². The molecule has 2 heterocycles. The highest BCUT2D eigenvalue weighted by Gasteiger charge is 2.21. The van der Waals surface area contributed by atoms with Gasteiger partial charge in [-0.15, -0.1) is 0 Å². The van der Waals surface area contributed by atoms with Gasteiger partial charge in [-0.1, -0.05) is 129 Å². The standard InChI is InChI=1S/C20H42.C17H19N3O3S/c1-3-5-7-9-11-13-15-17-19-20-18-16-14-12-10-8-6-4-2;1-10-8-18-15(11(2)16(10)23-4)9-24(21)17-19-13-6-5-12(22-3)7-14(13)20-17/h3-20H2,1-2H3;5-8H,9H2,1-4H3,(H,19,20). The molecule has 1 aromatic carbocycles. The number of methoxy groups -OCH3 is 2. The Morgan fingerprint density at radius 3 is 1.68 bits per heavy atom. The monoisotopic (exact) mass is 627 g/mol. The molecule has 0 aliphatic rings. The van der Waals surface area contributed by atoms with Gasteiger partial charge in [-0.25, -0.2) is 0 Å². The normalized spacial score (nSPS) is 11.8. The Kier molecular flexibility index (Phi) is 20.0. The molecule has 0 aliphatic carbocycles. The highest BCUT2D eigenvalue weighted by Crippen LogP contribution is 2.27. The number of unbranched alkanes of at least 4 members (excludes halogenated alkanes) is 17. The van der Waals surface area contributed by atoms with E-state index in [1.54, 1.807) is 20.4 Å². The Morgan fingerprint density at radius 2 is 1.23 bits per heavy atom. The number of aromatic amines is 1. The van der Waals surface area contributed by atoms with Crippen molar-refractivity contribution in [2.45, 2.75) is 154 Å². The van der Waals surface area contributed by atoms with Crippen LogP contribution in [0.2, 0.25) is 0 Å². The van der Waals surface area contributed by atoms with Gasteiger partial charge in [0.15, 0.2) is 5.75 Å². The zero-order valence-corrected chi connectivity index (χ0v) is 29.6. The molecule has 1 N–H and O–H groups in total. The number of fused-ring (bicyclic) bond motifs is 1. The molecule has 7 heteroatoms. The lowest BCUT2D eigenvalue weighted by Crippen LogP contribution is -2.10. The Hall–Kier alpha value is -2.25. The fourth-order valence-corrected chi connectivity index (χ4v) is 6.68. The zero-order valence-electron chi connectivity index (χ0n) is 28.8. The third-order valence-electron chi connectivity index (χ3n) is 8.36. The number of benzene rings is 1. The molecule has 0 saturated carbocycles. The summed E-state index contributed by atoms with van der Waals surface area (Å²) < 4.78 is 23.3. The zero-order chi connectivity index (χ0) is 32.0. The van der Waals surface area contributed by atoms with Gasteiger partial charge in [-0.05, 0) is 26.0 Å². The van der Waals surface area contributed by atoms with E-state index in [0.717, 1.165) is 33.6 Å². The topological polar surface area (TPSA) is 83.1 Å². The minimum absolute atomic E-state index is 0.277. The Balaban J connectivity index is 0.000000314. The first-order valence-electron chi connectivity index (χ1n) is 17.4. The molecule has 0 radical (unpaired) electrons. The van der Waals surface area contributed by atoms with E-state index in [1.807, 2.05) is 32.0 Å². The third kappa shape index (κ3) is 14.2. The SMILES string of the molecule is CCCCCCCCCCCCCCCCCCCC.COc1ccc2[nH]c([S+]([O-])Cc3ncc(C)c(OC)c3C)nc2c1. The maximum absolute atomic E-state index is 12.7. The van der Waals surface area contributed by atoms with Crippen molar-refractivity contribution in [1.29, 1.82) is 0 Å². The lowest BCUT2D eigenvalue weighted by atomic mass is 10.0. The van der Waals surface area contributed by atoms with Gasteiger partial charge in [-0.3, -0.25) is 9.97 Å². The average Bonchev–Trinajstić information content (AvgIpc) is 3.46. The van der Waals surface area contributed by atoms with Crippen molar-refractivity contribution in [2.24, 2.45) is 0 Å². The molecule has 0 fully saturated rings. The molecule has 3 rings (SSSR count). The van der Waals surface area contributed by atoms with Crippen LogP contribution in [0.25, 0.3) is 11.0 Å². The van der Waals surface area contributed by atoms with Gasteiger partial charge in [0, 0.05) is 34.6 Å². The minimum Gasteiger partial charge on any atom is -0.609 e. The summed E-state index contributed by atoms with van der Waals surface area (Å²) >= 11 is -1.33. The maximum atomic E-state index is 12.7. The number of nitrogens with one attached hydrogen (secondary N) is 1. The molecule has 6 nitrogen and oxygen atoms in total. The van der Waals surface area contributed by atoms with Gasteiger partial charge < -0.3 is 14.0 Å². The minimum atomic E-state index is -1.33. The quantitative estimate of drug-likeness (QED) is 0.0885. The fraction of sp³-hybridized carbons (Fsp3) is 0.676. The molecule has 0 saturated heterocycles. The second-order valence-electron chi connectivity index (χ2n) is 12.1. The van der Waals surface area contributed by atoms with Crippen LogP contribution in [0.15, 0.2) is 29.6 Å². The summed E-state index contributed by atoms with van der Waals surface area (Å²) in [7, 11) is 3.23. The molecule has 3 aromatic rings. The molecule has 2 aromatic heterocycles. The highest BCUT2D eigenvalue weighted by atomic mass is 32.2. The molecular formula is C37H61N3O3S. The van der Waals surface area contributed by atoms with E-state index in [0.29, 0.717) is 10.9 Å². The summed E-state index contributed by atoms with van der Waals surface area (Å²) in [5.74, 6) is 1.78. The number of H-pyrrole nitrogens is 1. The third-order valence-corrected chi connectivity index (χ3v) is 9.52. The van der Waals surface area contributed by atoms with Crippen molar-refractivity contribution < 1.29 is 14.0 Å². The summed E-state index contributed by atoms with van der Waals surface area (Å²) in [6.07, 6.45) is 28.1. The number of ether oxygens (including phenoxy) is 2. The van der Waals surface area contributed by atoms with Gasteiger partial charge >= 0.3 is 5.16 Å². The molecule has 0 aliphatic heterocycles. The molecule has 44 heavy (non-hydrogen) atoms. The van der Waals surface area contributed by atoms with Crippen LogP contribution >= 0.6 is 0 Å². The van der Waals surface area contributed by atoms with Crippen LogP contribution in [0, 0.1) is 13.8 Å². The lowest BCUT2D eigenvalue weighted by Gasteiger charge is -2.13. The first kappa shape index (κ1) is 37.9. The van der Waals surface area contributed by atoms with Gasteiger partial charge in [0.25, 0.3) is 0 Å². The fourth-order valence-electron chi connectivity index (χ4n) is 5.58. The number of nitrogens with zero attached hydrogens (tertiary/aromatic N) is 2. The van der Waals surface area contributed by atoms with Crippen LogP contribution in [-0.4, -0.2) is 33.7 Å². The van der Waals surface area contributed by atoms with Gasteiger partial charge in [0.2, 0.25) is 0 Å². The second-order valence-corrected chi connectivity index (χ2v) is 13.5. The Labute approximate surface area is 271 Å². The number of pyridine rings is 1. The van der Waals surface area contributed by atoms with Crippen LogP contribution in [0.4, 0.5) is 0 Å². The van der Waals surface area contributed by atoms with Crippen LogP contribution in [0.3, 0.4) is 0 Å². The smallest absolute Gasteiger partial charge is 0.322 e.